The van der Waals surface area contributed by atoms with Gasteiger partial charge < -0.3 is 20.3 Å². The highest BCUT2D eigenvalue weighted by Gasteiger charge is 2.17. The predicted molar refractivity (Wildman–Crippen MR) is 96.3 cm³/mol. The first-order chi connectivity index (χ1) is 11.9. The summed E-state index contributed by atoms with van der Waals surface area (Å²) in [6.45, 7) is 7.58. The van der Waals surface area contributed by atoms with Gasteiger partial charge in [0.1, 0.15) is 5.76 Å². The number of aliphatic hydroxyl groups is 1. The lowest BCUT2D eigenvalue weighted by molar-refractivity contribution is 0.154. The van der Waals surface area contributed by atoms with E-state index in [4.69, 9.17) is 4.52 Å². The fourth-order valence-electron chi connectivity index (χ4n) is 2.84. The maximum Gasteiger partial charge on any atom is 0.315 e. The molecule has 3 unspecified atom stereocenters. The summed E-state index contributed by atoms with van der Waals surface area (Å²) in [5, 5.41) is 19.9. The van der Waals surface area contributed by atoms with Crippen molar-refractivity contribution in [2.45, 2.75) is 58.7 Å². The van der Waals surface area contributed by atoms with E-state index in [0.717, 1.165) is 22.6 Å². The first kappa shape index (κ1) is 19.0. The Labute approximate surface area is 148 Å². The zero-order valence-corrected chi connectivity index (χ0v) is 15.2. The minimum absolute atomic E-state index is 0.0527. The van der Waals surface area contributed by atoms with Crippen molar-refractivity contribution in [3.8, 4) is 0 Å². The molecule has 0 saturated heterocycles. The number of carbonyl (C=O) groups excluding carboxylic acids is 1. The third kappa shape index (κ3) is 5.60. The highest BCUT2D eigenvalue weighted by atomic mass is 16.5. The Morgan fingerprint density at radius 2 is 1.80 bits per heavy atom. The van der Waals surface area contributed by atoms with E-state index in [0.29, 0.717) is 12.8 Å². The summed E-state index contributed by atoms with van der Waals surface area (Å²) in [6, 6.07) is 8.99. The van der Waals surface area contributed by atoms with Crippen LogP contribution in [-0.4, -0.2) is 28.4 Å². The number of aromatic nitrogens is 1. The van der Waals surface area contributed by atoms with Crippen LogP contribution in [0.5, 0.6) is 0 Å². The number of hydrogen-bond donors (Lipinski definition) is 3. The SMILES string of the molecule is Cc1noc(C)c1CC(C)NC(=O)NC(C)CC(O)c1ccccc1. The number of amides is 2. The first-order valence-electron chi connectivity index (χ1n) is 8.58. The molecular formula is C19H27N3O3. The Morgan fingerprint density at radius 1 is 1.16 bits per heavy atom. The second kappa shape index (κ2) is 8.67. The van der Waals surface area contributed by atoms with Gasteiger partial charge in [-0.3, -0.25) is 0 Å². The molecule has 1 aromatic heterocycles. The first-order valence-corrected chi connectivity index (χ1v) is 8.58. The van der Waals surface area contributed by atoms with Crippen molar-refractivity contribution >= 4 is 6.03 Å². The van der Waals surface area contributed by atoms with Gasteiger partial charge in [0.25, 0.3) is 0 Å². The van der Waals surface area contributed by atoms with Gasteiger partial charge in [-0.25, -0.2) is 4.79 Å². The Bertz CT molecular complexity index is 665. The lowest BCUT2D eigenvalue weighted by atomic mass is 10.0. The van der Waals surface area contributed by atoms with E-state index in [1.54, 1.807) is 0 Å². The van der Waals surface area contributed by atoms with Gasteiger partial charge in [0.15, 0.2) is 0 Å². The van der Waals surface area contributed by atoms with E-state index < -0.39 is 6.10 Å². The highest BCUT2D eigenvalue weighted by Crippen LogP contribution is 2.18. The molecule has 1 aromatic carbocycles. The van der Waals surface area contributed by atoms with Crippen molar-refractivity contribution < 1.29 is 14.4 Å². The molecule has 6 nitrogen and oxygen atoms in total. The Hall–Kier alpha value is -2.34. The smallest absolute Gasteiger partial charge is 0.315 e. The summed E-state index contributed by atoms with van der Waals surface area (Å²) >= 11 is 0. The zero-order valence-electron chi connectivity index (χ0n) is 15.2. The summed E-state index contributed by atoms with van der Waals surface area (Å²) in [5.74, 6) is 0.783. The van der Waals surface area contributed by atoms with Crippen LogP contribution < -0.4 is 10.6 Å². The van der Waals surface area contributed by atoms with Crippen molar-refractivity contribution in [3.63, 3.8) is 0 Å². The molecule has 0 aliphatic rings. The van der Waals surface area contributed by atoms with E-state index in [2.05, 4.69) is 15.8 Å². The van der Waals surface area contributed by atoms with E-state index in [9.17, 15) is 9.90 Å². The van der Waals surface area contributed by atoms with Gasteiger partial charge in [-0.1, -0.05) is 35.5 Å². The minimum Gasteiger partial charge on any atom is -0.388 e. The molecule has 3 N–H and O–H groups in total. The summed E-state index contributed by atoms with van der Waals surface area (Å²) in [5.41, 5.74) is 2.73. The van der Waals surface area contributed by atoms with Crippen LogP contribution in [0.1, 0.15) is 49.0 Å². The number of aryl methyl sites for hydroxylation is 2. The van der Waals surface area contributed by atoms with E-state index in [-0.39, 0.29) is 18.1 Å². The second-order valence-corrected chi connectivity index (χ2v) is 6.59. The molecule has 2 amide bonds. The van der Waals surface area contributed by atoms with Gasteiger partial charge in [-0.2, -0.15) is 0 Å². The molecule has 136 valence electrons. The topological polar surface area (TPSA) is 87.4 Å². The molecule has 25 heavy (non-hydrogen) atoms. The van der Waals surface area contributed by atoms with E-state index in [1.807, 2.05) is 58.0 Å². The van der Waals surface area contributed by atoms with Crippen LogP contribution >= 0.6 is 0 Å². The maximum atomic E-state index is 12.1. The summed E-state index contributed by atoms with van der Waals surface area (Å²) < 4.78 is 5.15. The number of nitrogens with zero attached hydrogens (tertiary/aromatic N) is 1. The molecule has 0 aliphatic carbocycles. The summed E-state index contributed by atoms with van der Waals surface area (Å²) in [4.78, 5) is 12.1. The number of rotatable bonds is 7. The maximum absolute atomic E-state index is 12.1. The molecule has 6 heteroatoms. The molecule has 0 radical (unpaired) electrons. The third-order valence-corrected chi connectivity index (χ3v) is 4.21. The van der Waals surface area contributed by atoms with Crippen LogP contribution in [0.15, 0.2) is 34.9 Å². The number of urea groups is 1. The normalized spacial score (nSPS) is 14.6. The van der Waals surface area contributed by atoms with Crippen molar-refractivity contribution in [2.24, 2.45) is 0 Å². The Morgan fingerprint density at radius 3 is 2.40 bits per heavy atom. The lowest BCUT2D eigenvalue weighted by Crippen LogP contribution is -2.45. The zero-order chi connectivity index (χ0) is 18.4. The summed E-state index contributed by atoms with van der Waals surface area (Å²) in [7, 11) is 0. The molecule has 3 atom stereocenters. The molecule has 2 rings (SSSR count). The standard InChI is InChI=1S/C19H27N3O3/c1-12(10-17-14(3)22-25-15(17)4)20-19(24)21-13(2)11-18(23)16-8-6-5-7-9-16/h5-9,12-13,18,23H,10-11H2,1-4H3,(H2,20,21,24). The van der Waals surface area contributed by atoms with Gasteiger partial charge in [0.05, 0.1) is 11.8 Å². The van der Waals surface area contributed by atoms with Crippen LogP contribution in [-0.2, 0) is 6.42 Å². The minimum atomic E-state index is -0.601. The van der Waals surface area contributed by atoms with Crippen LogP contribution in [0.3, 0.4) is 0 Å². The fourth-order valence-corrected chi connectivity index (χ4v) is 2.84. The lowest BCUT2D eigenvalue weighted by Gasteiger charge is -2.20. The van der Waals surface area contributed by atoms with E-state index >= 15 is 0 Å². The molecule has 0 bridgehead atoms. The van der Waals surface area contributed by atoms with Crippen molar-refractivity contribution in [1.29, 1.82) is 0 Å². The van der Waals surface area contributed by atoms with Crippen LogP contribution in [0.4, 0.5) is 4.79 Å². The molecule has 2 aromatic rings. The largest absolute Gasteiger partial charge is 0.388 e. The fraction of sp³-hybridized carbons (Fsp3) is 0.474. The molecule has 1 heterocycles. The van der Waals surface area contributed by atoms with Gasteiger partial charge >= 0.3 is 6.03 Å². The molecule has 0 aliphatic heterocycles. The molecular weight excluding hydrogens is 318 g/mol. The number of benzene rings is 1. The Kier molecular flexibility index (Phi) is 6.58. The average Bonchev–Trinajstić information content (AvgIpc) is 2.87. The van der Waals surface area contributed by atoms with Gasteiger partial charge in [0.2, 0.25) is 0 Å². The van der Waals surface area contributed by atoms with E-state index in [1.165, 1.54) is 0 Å². The van der Waals surface area contributed by atoms with Gasteiger partial charge in [-0.15, -0.1) is 0 Å². The summed E-state index contributed by atoms with van der Waals surface area (Å²) in [6.07, 6.45) is 0.516. The number of hydrogen-bond acceptors (Lipinski definition) is 4. The second-order valence-electron chi connectivity index (χ2n) is 6.59. The van der Waals surface area contributed by atoms with Crippen LogP contribution in [0, 0.1) is 13.8 Å². The van der Waals surface area contributed by atoms with Crippen molar-refractivity contribution in [1.82, 2.24) is 15.8 Å². The Balaban J connectivity index is 1.79. The average molecular weight is 345 g/mol. The van der Waals surface area contributed by atoms with Gasteiger partial charge in [0, 0.05) is 17.6 Å². The number of nitrogens with one attached hydrogen (secondary N) is 2. The molecule has 0 saturated carbocycles. The third-order valence-electron chi connectivity index (χ3n) is 4.21. The van der Waals surface area contributed by atoms with Gasteiger partial charge in [-0.05, 0) is 46.1 Å². The predicted octanol–water partition coefficient (Wildman–Crippen LogP) is 3.03. The van der Waals surface area contributed by atoms with Crippen LogP contribution in [0.25, 0.3) is 0 Å². The number of carbonyl (C=O) groups is 1. The molecule has 0 spiro atoms. The van der Waals surface area contributed by atoms with Crippen molar-refractivity contribution in [3.05, 3.63) is 52.9 Å². The van der Waals surface area contributed by atoms with Crippen molar-refractivity contribution in [2.75, 3.05) is 0 Å². The van der Waals surface area contributed by atoms with Crippen LogP contribution in [0.2, 0.25) is 0 Å². The molecule has 0 fully saturated rings. The quantitative estimate of drug-likeness (QED) is 0.720. The highest BCUT2D eigenvalue weighted by molar-refractivity contribution is 5.74. The monoisotopic (exact) mass is 345 g/mol. The number of aliphatic hydroxyl groups excluding tert-OH is 1.